The Labute approximate surface area is 151 Å². The maximum atomic E-state index is 12.2. The molecule has 0 fully saturated rings. The number of anilines is 1. The molecule has 5 rings (SSSR count). The summed E-state index contributed by atoms with van der Waals surface area (Å²) in [7, 11) is 0. The van der Waals surface area contributed by atoms with Crippen LogP contribution in [0, 0.1) is 0 Å². The number of nitrogens with zero attached hydrogens (tertiary/aromatic N) is 2. The van der Waals surface area contributed by atoms with Crippen molar-refractivity contribution in [3.63, 3.8) is 0 Å². The van der Waals surface area contributed by atoms with Crippen LogP contribution in [0.25, 0.3) is 33.6 Å². The highest BCUT2D eigenvalue weighted by molar-refractivity contribution is 7.12. The van der Waals surface area contributed by atoms with Crippen LogP contribution >= 0.6 is 11.3 Å². The smallest absolute Gasteiger partial charge is 0.265 e. The van der Waals surface area contributed by atoms with Crippen LogP contribution in [-0.2, 0) is 0 Å². The number of oxazole rings is 1. The fourth-order valence-corrected chi connectivity index (χ4v) is 3.42. The third-order valence-electron chi connectivity index (χ3n) is 4.06. The largest absolute Gasteiger partial charge is 0.436 e. The lowest BCUT2D eigenvalue weighted by molar-refractivity contribution is 0.103. The van der Waals surface area contributed by atoms with E-state index in [-0.39, 0.29) is 5.91 Å². The van der Waals surface area contributed by atoms with Gasteiger partial charge in [0.05, 0.1) is 22.2 Å². The number of hydrogen-bond acceptors (Lipinski definition) is 5. The highest BCUT2D eigenvalue weighted by Crippen LogP contribution is 2.28. The average molecular weight is 360 g/mol. The van der Waals surface area contributed by atoms with Gasteiger partial charge in [-0.3, -0.25) is 4.79 Å². The number of rotatable bonds is 3. The minimum absolute atomic E-state index is 0.132. The van der Waals surface area contributed by atoms with Crippen molar-refractivity contribution in [3.05, 3.63) is 65.1 Å². The first-order chi connectivity index (χ1) is 12.8. The molecule has 3 aromatic heterocycles. The Morgan fingerprint density at radius 1 is 1.12 bits per heavy atom. The lowest BCUT2D eigenvalue weighted by atomic mass is 10.2. The molecule has 2 aromatic carbocycles. The normalized spacial score (nSPS) is 11.2. The summed E-state index contributed by atoms with van der Waals surface area (Å²) >= 11 is 1.40. The van der Waals surface area contributed by atoms with Crippen molar-refractivity contribution in [3.8, 4) is 11.5 Å². The second-order valence-electron chi connectivity index (χ2n) is 5.77. The van der Waals surface area contributed by atoms with Gasteiger partial charge in [-0.25, -0.2) is 9.97 Å². The number of aromatic amines is 1. The maximum Gasteiger partial charge on any atom is 0.265 e. The molecule has 126 valence electrons. The zero-order valence-electron chi connectivity index (χ0n) is 13.4. The SMILES string of the molecule is O=C(Nc1ccc2oc(-c3ccc4nc[nH]c4c3)nc2c1)c1cccs1. The van der Waals surface area contributed by atoms with Gasteiger partial charge in [0.15, 0.2) is 5.58 Å². The summed E-state index contributed by atoms with van der Waals surface area (Å²) in [4.78, 5) is 24.7. The molecule has 26 heavy (non-hydrogen) atoms. The van der Waals surface area contributed by atoms with Crippen LogP contribution in [0.3, 0.4) is 0 Å². The first-order valence-corrected chi connectivity index (χ1v) is 8.83. The van der Waals surface area contributed by atoms with E-state index in [9.17, 15) is 4.79 Å². The zero-order valence-corrected chi connectivity index (χ0v) is 14.2. The molecule has 0 aliphatic heterocycles. The van der Waals surface area contributed by atoms with Gasteiger partial charge < -0.3 is 14.7 Å². The Hall–Kier alpha value is -3.45. The van der Waals surface area contributed by atoms with Gasteiger partial charge in [-0.15, -0.1) is 11.3 Å². The molecule has 0 bridgehead atoms. The fraction of sp³-hybridized carbons (Fsp3) is 0. The van der Waals surface area contributed by atoms with Gasteiger partial charge in [0.25, 0.3) is 5.91 Å². The number of amides is 1. The Balaban J connectivity index is 1.48. The van der Waals surface area contributed by atoms with E-state index < -0.39 is 0 Å². The topological polar surface area (TPSA) is 83.8 Å². The molecule has 0 aliphatic rings. The molecule has 7 heteroatoms. The fourth-order valence-electron chi connectivity index (χ4n) is 2.80. The van der Waals surface area contributed by atoms with Gasteiger partial charge in [0.1, 0.15) is 5.52 Å². The van der Waals surface area contributed by atoms with Gasteiger partial charge in [0.2, 0.25) is 5.89 Å². The minimum atomic E-state index is -0.132. The van der Waals surface area contributed by atoms with E-state index in [0.717, 1.165) is 16.6 Å². The van der Waals surface area contributed by atoms with E-state index in [2.05, 4.69) is 20.3 Å². The molecule has 0 saturated carbocycles. The van der Waals surface area contributed by atoms with Crippen molar-refractivity contribution in [1.82, 2.24) is 15.0 Å². The Bertz CT molecular complexity index is 1240. The zero-order chi connectivity index (χ0) is 17.5. The number of H-pyrrole nitrogens is 1. The summed E-state index contributed by atoms with van der Waals surface area (Å²) in [6.07, 6.45) is 1.66. The predicted molar refractivity (Wildman–Crippen MR) is 101 cm³/mol. The summed E-state index contributed by atoms with van der Waals surface area (Å²) in [5.74, 6) is 0.394. The van der Waals surface area contributed by atoms with Crippen LogP contribution in [-0.4, -0.2) is 20.9 Å². The van der Waals surface area contributed by atoms with E-state index >= 15 is 0 Å². The van der Waals surface area contributed by atoms with Crippen LogP contribution in [0.2, 0.25) is 0 Å². The maximum absolute atomic E-state index is 12.2. The van der Waals surface area contributed by atoms with Gasteiger partial charge in [-0.2, -0.15) is 0 Å². The highest BCUT2D eigenvalue weighted by atomic mass is 32.1. The minimum Gasteiger partial charge on any atom is -0.436 e. The lowest BCUT2D eigenvalue weighted by Crippen LogP contribution is -2.09. The van der Waals surface area contributed by atoms with Crippen LogP contribution in [0.4, 0.5) is 5.69 Å². The molecule has 6 nitrogen and oxygen atoms in total. The number of benzene rings is 2. The monoisotopic (exact) mass is 360 g/mol. The van der Waals surface area contributed by atoms with Gasteiger partial charge in [0, 0.05) is 11.3 Å². The molecular weight excluding hydrogens is 348 g/mol. The molecule has 0 atom stereocenters. The highest BCUT2D eigenvalue weighted by Gasteiger charge is 2.12. The first-order valence-electron chi connectivity index (χ1n) is 7.95. The molecule has 0 unspecified atom stereocenters. The molecule has 1 amide bonds. The number of thiophene rings is 1. The summed E-state index contributed by atoms with van der Waals surface area (Å²) in [5, 5.41) is 4.76. The van der Waals surface area contributed by atoms with Crippen molar-refractivity contribution in [2.45, 2.75) is 0 Å². The summed E-state index contributed by atoms with van der Waals surface area (Å²) in [5.41, 5.74) is 4.71. The standard InChI is InChI=1S/C19H12N4O2S/c24-18(17-2-1-7-26-17)22-12-4-6-16-15(9-12)23-19(25-16)11-3-5-13-14(8-11)21-10-20-13/h1-10H,(H,20,21)(H,22,24). The van der Waals surface area contributed by atoms with Gasteiger partial charge >= 0.3 is 0 Å². The van der Waals surface area contributed by atoms with Gasteiger partial charge in [-0.05, 0) is 47.8 Å². The summed E-state index contributed by atoms with van der Waals surface area (Å²) in [6.45, 7) is 0. The molecule has 0 saturated heterocycles. The Morgan fingerprint density at radius 3 is 2.96 bits per heavy atom. The molecule has 2 N–H and O–H groups in total. The number of carbonyl (C=O) groups excluding carboxylic acids is 1. The number of aromatic nitrogens is 3. The number of carbonyl (C=O) groups is 1. The van der Waals surface area contributed by atoms with Crippen molar-refractivity contribution >= 4 is 45.1 Å². The van der Waals surface area contributed by atoms with Crippen molar-refractivity contribution < 1.29 is 9.21 Å². The number of nitrogens with one attached hydrogen (secondary N) is 2. The third-order valence-corrected chi connectivity index (χ3v) is 4.93. The van der Waals surface area contributed by atoms with Crippen LogP contribution in [0.15, 0.2) is 64.7 Å². The number of hydrogen-bond donors (Lipinski definition) is 2. The second-order valence-corrected chi connectivity index (χ2v) is 6.72. The van der Waals surface area contributed by atoms with Crippen molar-refractivity contribution in [2.24, 2.45) is 0 Å². The van der Waals surface area contributed by atoms with E-state index in [1.54, 1.807) is 18.5 Å². The van der Waals surface area contributed by atoms with E-state index in [1.165, 1.54) is 11.3 Å². The Morgan fingerprint density at radius 2 is 2.08 bits per heavy atom. The third kappa shape index (κ3) is 2.55. The van der Waals surface area contributed by atoms with E-state index in [4.69, 9.17) is 4.42 Å². The van der Waals surface area contributed by atoms with E-state index in [0.29, 0.717) is 27.6 Å². The van der Waals surface area contributed by atoms with Crippen LogP contribution in [0.5, 0.6) is 0 Å². The summed E-state index contributed by atoms with van der Waals surface area (Å²) in [6, 6.07) is 14.9. The number of imidazole rings is 1. The summed E-state index contributed by atoms with van der Waals surface area (Å²) < 4.78 is 5.86. The average Bonchev–Trinajstić information content (AvgIpc) is 3.39. The molecular formula is C19H12N4O2S. The van der Waals surface area contributed by atoms with Crippen LogP contribution < -0.4 is 5.32 Å². The molecule has 0 radical (unpaired) electrons. The predicted octanol–water partition coefficient (Wildman–Crippen LogP) is 4.68. The molecule has 0 aliphatic carbocycles. The van der Waals surface area contributed by atoms with E-state index in [1.807, 2.05) is 41.8 Å². The molecule has 5 aromatic rings. The number of fused-ring (bicyclic) bond motifs is 2. The van der Waals surface area contributed by atoms with Crippen molar-refractivity contribution in [1.29, 1.82) is 0 Å². The molecule has 0 spiro atoms. The van der Waals surface area contributed by atoms with Crippen LogP contribution in [0.1, 0.15) is 9.67 Å². The lowest BCUT2D eigenvalue weighted by Gasteiger charge is -2.02. The quantitative estimate of drug-likeness (QED) is 0.489. The Kier molecular flexibility index (Phi) is 3.32. The molecule has 3 heterocycles. The second kappa shape index (κ2) is 5.82. The first kappa shape index (κ1) is 14.9. The van der Waals surface area contributed by atoms with Gasteiger partial charge in [-0.1, -0.05) is 6.07 Å². The van der Waals surface area contributed by atoms with Crippen molar-refractivity contribution in [2.75, 3.05) is 5.32 Å².